The van der Waals surface area contributed by atoms with Gasteiger partial charge < -0.3 is 4.74 Å². The fourth-order valence-electron chi connectivity index (χ4n) is 2.87. The van der Waals surface area contributed by atoms with Crippen molar-refractivity contribution >= 4 is 46.8 Å². The van der Waals surface area contributed by atoms with Gasteiger partial charge in [0.25, 0.3) is 5.69 Å². The molecule has 30 heavy (non-hydrogen) atoms. The van der Waals surface area contributed by atoms with Gasteiger partial charge in [-0.2, -0.15) is 5.10 Å². The highest BCUT2D eigenvalue weighted by Gasteiger charge is 2.27. The number of cyclic esters (lactones) is 1. The predicted molar refractivity (Wildman–Crippen MR) is 112 cm³/mol. The van der Waals surface area contributed by atoms with Crippen LogP contribution < -0.4 is 0 Å². The van der Waals surface area contributed by atoms with E-state index in [1.165, 1.54) is 24.3 Å². The Morgan fingerprint density at radius 2 is 1.90 bits per heavy atom. The summed E-state index contributed by atoms with van der Waals surface area (Å²) >= 11 is 12.3. The molecule has 150 valence electrons. The Labute approximate surface area is 180 Å². The number of hydrogen-bond donors (Lipinski definition) is 0. The van der Waals surface area contributed by atoms with Gasteiger partial charge >= 0.3 is 5.97 Å². The number of rotatable bonds is 4. The number of aliphatic imine (C=N–C) groups is 1. The van der Waals surface area contributed by atoms with Crippen LogP contribution in [0.3, 0.4) is 0 Å². The standard InChI is InChI=1S/C20H12Cl2N4O4/c1-11-14(18(22)25(24-11)13-5-3-2-4-6-13)10-16-20(27)30-19(23-16)12-7-8-15(21)17(9-12)26(28)29/h2-10H,1H3. The summed E-state index contributed by atoms with van der Waals surface area (Å²) in [5, 5.41) is 15.8. The summed E-state index contributed by atoms with van der Waals surface area (Å²) in [7, 11) is 0. The van der Waals surface area contributed by atoms with Gasteiger partial charge in [-0.05, 0) is 37.3 Å². The summed E-state index contributed by atoms with van der Waals surface area (Å²) in [4.78, 5) is 27.0. The van der Waals surface area contributed by atoms with Crippen molar-refractivity contribution in [3.8, 4) is 5.69 Å². The maximum absolute atomic E-state index is 12.3. The molecule has 2 heterocycles. The van der Waals surface area contributed by atoms with E-state index in [0.717, 1.165) is 5.69 Å². The minimum Gasteiger partial charge on any atom is -0.402 e. The fraction of sp³-hybridized carbons (Fsp3) is 0.0500. The third-order valence-corrected chi connectivity index (χ3v) is 5.02. The van der Waals surface area contributed by atoms with Crippen LogP contribution in [0.2, 0.25) is 10.2 Å². The zero-order valence-electron chi connectivity index (χ0n) is 15.4. The molecule has 0 N–H and O–H groups in total. The van der Waals surface area contributed by atoms with Crippen LogP contribution >= 0.6 is 23.2 Å². The predicted octanol–water partition coefficient (Wildman–Crippen LogP) is 4.74. The van der Waals surface area contributed by atoms with Crippen molar-refractivity contribution in [1.82, 2.24) is 9.78 Å². The molecule has 0 fully saturated rings. The normalized spacial score (nSPS) is 14.7. The maximum atomic E-state index is 12.3. The molecule has 2 aromatic carbocycles. The average molecular weight is 443 g/mol. The van der Waals surface area contributed by atoms with Gasteiger partial charge in [-0.1, -0.05) is 41.4 Å². The fourth-order valence-corrected chi connectivity index (χ4v) is 3.38. The average Bonchev–Trinajstić information content (AvgIpc) is 3.23. The van der Waals surface area contributed by atoms with Crippen LogP contribution in [0.25, 0.3) is 11.8 Å². The monoisotopic (exact) mass is 442 g/mol. The zero-order chi connectivity index (χ0) is 21.4. The van der Waals surface area contributed by atoms with Crippen molar-refractivity contribution in [3.05, 3.63) is 91.3 Å². The highest BCUT2D eigenvalue weighted by molar-refractivity contribution is 6.33. The molecule has 0 spiro atoms. The Morgan fingerprint density at radius 1 is 1.17 bits per heavy atom. The smallest absolute Gasteiger partial charge is 0.363 e. The molecule has 0 saturated heterocycles. The van der Waals surface area contributed by atoms with Crippen LogP contribution in [0.1, 0.15) is 16.8 Å². The SMILES string of the molecule is Cc1nn(-c2ccccc2)c(Cl)c1C=C1N=C(c2ccc(Cl)c([N+](=O)[O-])c2)OC1=O. The van der Waals surface area contributed by atoms with Gasteiger partial charge in [-0.25, -0.2) is 14.5 Å². The molecule has 1 aliphatic rings. The maximum Gasteiger partial charge on any atom is 0.363 e. The number of aromatic nitrogens is 2. The molecule has 0 bridgehead atoms. The van der Waals surface area contributed by atoms with E-state index >= 15 is 0 Å². The van der Waals surface area contributed by atoms with E-state index in [1.54, 1.807) is 11.6 Å². The van der Waals surface area contributed by atoms with Gasteiger partial charge in [0, 0.05) is 17.2 Å². The molecule has 10 heteroatoms. The van der Waals surface area contributed by atoms with Crippen molar-refractivity contribution in [2.75, 3.05) is 0 Å². The zero-order valence-corrected chi connectivity index (χ0v) is 16.9. The van der Waals surface area contributed by atoms with E-state index in [1.807, 2.05) is 30.3 Å². The van der Waals surface area contributed by atoms with Gasteiger partial charge in [0.1, 0.15) is 10.2 Å². The van der Waals surface area contributed by atoms with Gasteiger partial charge in [-0.15, -0.1) is 0 Å². The molecular formula is C20H12Cl2N4O4. The van der Waals surface area contributed by atoms with Crippen LogP contribution in [0, 0.1) is 17.0 Å². The first-order chi connectivity index (χ1) is 14.3. The Morgan fingerprint density at radius 3 is 2.60 bits per heavy atom. The molecule has 0 aliphatic carbocycles. The van der Waals surface area contributed by atoms with Crippen LogP contribution in [-0.4, -0.2) is 26.6 Å². The number of carbonyl (C=O) groups excluding carboxylic acids is 1. The minimum atomic E-state index is -0.703. The first kappa shape index (κ1) is 19.8. The number of para-hydroxylation sites is 1. The summed E-state index contributed by atoms with van der Waals surface area (Å²) in [6.45, 7) is 1.76. The number of carbonyl (C=O) groups is 1. The van der Waals surface area contributed by atoms with Gasteiger partial charge in [0.2, 0.25) is 5.90 Å². The van der Waals surface area contributed by atoms with Gasteiger partial charge in [-0.3, -0.25) is 10.1 Å². The van der Waals surface area contributed by atoms with Crippen LogP contribution in [0.5, 0.6) is 0 Å². The van der Waals surface area contributed by atoms with Crippen LogP contribution in [0.15, 0.2) is 59.2 Å². The van der Waals surface area contributed by atoms with Crippen LogP contribution in [0.4, 0.5) is 5.69 Å². The quantitative estimate of drug-likeness (QED) is 0.251. The Bertz CT molecular complexity index is 1250. The molecule has 0 radical (unpaired) electrons. The number of aryl methyl sites for hydroxylation is 1. The van der Waals surface area contributed by atoms with Crippen molar-refractivity contribution in [2.45, 2.75) is 6.92 Å². The number of nitrogens with zero attached hydrogens (tertiary/aromatic N) is 4. The molecule has 3 aromatic rings. The number of nitro groups is 1. The molecule has 4 rings (SSSR count). The second-order valence-electron chi connectivity index (χ2n) is 6.30. The molecule has 0 atom stereocenters. The lowest BCUT2D eigenvalue weighted by molar-refractivity contribution is -0.384. The summed E-state index contributed by atoms with van der Waals surface area (Å²) in [6.07, 6.45) is 1.48. The third kappa shape index (κ3) is 3.58. The van der Waals surface area contributed by atoms with Crippen molar-refractivity contribution in [1.29, 1.82) is 0 Å². The van der Waals surface area contributed by atoms with Gasteiger partial charge in [0.15, 0.2) is 5.70 Å². The second kappa shape index (κ2) is 7.74. The van der Waals surface area contributed by atoms with E-state index in [-0.39, 0.29) is 27.9 Å². The largest absolute Gasteiger partial charge is 0.402 e. The van der Waals surface area contributed by atoms with Crippen molar-refractivity contribution in [2.24, 2.45) is 4.99 Å². The first-order valence-corrected chi connectivity index (χ1v) is 9.38. The molecule has 8 nitrogen and oxygen atoms in total. The molecule has 0 amide bonds. The lowest BCUT2D eigenvalue weighted by Crippen LogP contribution is -2.06. The highest BCUT2D eigenvalue weighted by atomic mass is 35.5. The number of hydrogen-bond acceptors (Lipinski definition) is 6. The minimum absolute atomic E-state index is 0.000199. The number of benzene rings is 2. The second-order valence-corrected chi connectivity index (χ2v) is 7.06. The van der Waals surface area contributed by atoms with Crippen LogP contribution in [-0.2, 0) is 9.53 Å². The molecule has 0 unspecified atom stereocenters. The Kier molecular flexibility index (Phi) is 5.11. The summed E-state index contributed by atoms with van der Waals surface area (Å²) in [5.74, 6) is -0.763. The molecular weight excluding hydrogens is 431 g/mol. The topological polar surface area (TPSA) is 99.6 Å². The number of nitro benzene ring substituents is 1. The van der Waals surface area contributed by atoms with E-state index in [0.29, 0.717) is 16.4 Å². The van der Waals surface area contributed by atoms with E-state index in [4.69, 9.17) is 27.9 Å². The van der Waals surface area contributed by atoms with E-state index in [9.17, 15) is 14.9 Å². The van der Waals surface area contributed by atoms with Gasteiger partial charge in [0.05, 0.1) is 16.3 Å². The summed E-state index contributed by atoms with van der Waals surface area (Å²) in [6, 6.07) is 13.3. The number of esters is 1. The lowest BCUT2D eigenvalue weighted by Gasteiger charge is -2.01. The lowest BCUT2D eigenvalue weighted by atomic mass is 10.2. The summed E-state index contributed by atoms with van der Waals surface area (Å²) in [5.41, 5.74) is 1.82. The summed E-state index contributed by atoms with van der Waals surface area (Å²) < 4.78 is 6.74. The van der Waals surface area contributed by atoms with Crippen molar-refractivity contribution < 1.29 is 14.5 Å². The third-order valence-electron chi connectivity index (χ3n) is 4.34. The first-order valence-electron chi connectivity index (χ1n) is 8.62. The Balaban J connectivity index is 1.73. The number of halogens is 2. The highest BCUT2D eigenvalue weighted by Crippen LogP contribution is 2.30. The molecule has 1 aliphatic heterocycles. The Hall–Kier alpha value is -3.49. The molecule has 0 saturated carbocycles. The van der Waals surface area contributed by atoms with E-state index < -0.39 is 10.9 Å². The number of ether oxygens (including phenoxy) is 1. The molecule has 1 aromatic heterocycles. The van der Waals surface area contributed by atoms with Crippen molar-refractivity contribution in [3.63, 3.8) is 0 Å². The van der Waals surface area contributed by atoms with E-state index in [2.05, 4.69) is 10.1 Å².